The fourth-order valence-electron chi connectivity index (χ4n) is 2.32. The van der Waals surface area contributed by atoms with Gasteiger partial charge in [-0.05, 0) is 40.3 Å². The molecule has 2 aromatic carbocycles. The largest absolute Gasteiger partial charge is 0.306 e. The first-order chi connectivity index (χ1) is 11.9. The summed E-state index contributed by atoms with van der Waals surface area (Å²) in [6.07, 6.45) is 5.49. The van der Waals surface area contributed by atoms with Crippen LogP contribution in [0.4, 0.5) is 0 Å². The highest BCUT2D eigenvalue weighted by Gasteiger charge is 2.08. The van der Waals surface area contributed by atoms with E-state index in [0.29, 0.717) is 0 Å². The summed E-state index contributed by atoms with van der Waals surface area (Å²) in [6, 6.07) is 18.3. The highest BCUT2D eigenvalue weighted by atomic mass is 32.2. The van der Waals surface area contributed by atoms with Crippen molar-refractivity contribution < 1.29 is 0 Å². The van der Waals surface area contributed by atoms with Gasteiger partial charge in [0.05, 0.1) is 12.0 Å². The van der Waals surface area contributed by atoms with Gasteiger partial charge in [0.1, 0.15) is 0 Å². The van der Waals surface area contributed by atoms with Crippen LogP contribution >= 0.6 is 11.8 Å². The zero-order chi connectivity index (χ0) is 16.2. The molecule has 24 heavy (non-hydrogen) atoms. The number of imidazole rings is 1. The van der Waals surface area contributed by atoms with E-state index in [2.05, 4.69) is 44.8 Å². The molecule has 2 heterocycles. The number of nitrogens with zero attached hydrogens (tertiary/aromatic N) is 6. The number of tetrazole rings is 1. The van der Waals surface area contributed by atoms with E-state index in [0.717, 1.165) is 22.3 Å². The van der Waals surface area contributed by atoms with Gasteiger partial charge in [0.15, 0.2) is 0 Å². The molecule has 0 saturated carbocycles. The van der Waals surface area contributed by atoms with Crippen LogP contribution in [0.5, 0.6) is 0 Å². The van der Waals surface area contributed by atoms with Crippen molar-refractivity contribution in [3.63, 3.8) is 0 Å². The second kappa shape index (κ2) is 6.67. The highest BCUT2D eigenvalue weighted by Crippen LogP contribution is 2.23. The van der Waals surface area contributed by atoms with Crippen molar-refractivity contribution in [2.75, 3.05) is 0 Å². The van der Waals surface area contributed by atoms with Gasteiger partial charge in [-0.15, -0.1) is 5.10 Å². The second-order valence-corrected chi connectivity index (χ2v) is 6.08. The number of aromatic nitrogens is 6. The van der Waals surface area contributed by atoms with Crippen LogP contribution in [-0.4, -0.2) is 29.8 Å². The van der Waals surface area contributed by atoms with Crippen LogP contribution in [0.1, 0.15) is 5.56 Å². The molecule has 0 radical (unpaired) electrons. The summed E-state index contributed by atoms with van der Waals surface area (Å²) in [5, 5.41) is 12.8. The maximum absolute atomic E-state index is 4.12. The standard InChI is InChI=1S/C17H14N6S/c1-2-4-16(5-3-1)23-17(19-20-21-23)24-12-14-6-8-15(9-7-14)22-11-10-18-13-22/h1-11,13H,12H2. The lowest BCUT2D eigenvalue weighted by molar-refractivity contribution is 0.756. The van der Waals surface area contributed by atoms with E-state index < -0.39 is 0 Å². The lowest BCUT2D eigenvalue weighted by Crippen LogP contribution is -1.98. The number of para-hydroxylation sites is 1. The van der Waals surface area contributed by atoms with Gasteiger partial charge in [0.25, 0.3) is 0 Å². The summed E-state index contributed by atoms with van der Waals surface area (Å²) in [5.74, 6) is 0.803. The molecule has 4 rings (SSSR count). The number of rotatable bonds is 5. The zero-order valence-electron chi connectivity index (χ0n) is 12.7. The molecule has 6 nitrogen and oxygen atoms in total. The number of hydrogen-bond acceptors (Lipinski definition) is 5. The molecule has 0 aliphatic heterocycles. The van der Waals surface area contributed by atoms with Gasteiger partial charge in [0, 0.05) is 23.8 Å². The maximum atomic E-state index is 4.12. The second-order valence-electron chi connectivity index (χ2n) is 5.13. The Bertz CT molecular complexity index is 900. The molecule has 0 bridgehead atoms. The Morgan fingerprint density at radius 1 is 0.917 bits per heavy atom. The van der Waals surface area contributed by atoms with Crippen LogP contribution < -0.4 is 0 Å². The van der Waals surface area contributed by atoms with Gasteiger partial charge in [-0.3, -0.25) is 0 Å². The third-order valence-corrected chi connectivity index (χ3v) is 4.54. The van der Waals surface area contributed by atoms with Crippen molar-refractivity contribution >= 4 is 11.8 Å². The Hall–Kier alpha value is -2.93. The van der Waals surface area contributed by atoms with Gasteiger partial charge >= 0.3 is 0 Å². The molecule has 0 unspecified atom stereocenters. The van der Waals surface area contributed by atoms with Crippen LogP contribution in [0.25, 0.3) is 11.4 Å². The topological polar surface area (TPSA) is 61.4 Å². The van der Waals surface area contributed by atoms with Crippen molar-refractivity contribution in [3.05, 3.63) is 78.9 Å². The van der Waals surface area contributed by atoms with Crippen LogP contribution in [0.2, 0.25) is 0 Å². The van der Waals surface area contributed by atoms with Gasteiger partial charge in [-0.1, -0.05) is 42.1 Å². The molecule has 2 aromatic heterocycles. The van der Waals surface area contributed by atoms with E-state index >= 15 is 0 Å². The fourth-order valence-corrected chi connectivity index (χ4v) is 3.17. The Morgan fingerprint density at radius 2 is 1.75 bits per heavy atom. The van der Waals surface area contributed by atoms with Gasteiger partial charge in [-0.25, -0.2) is 4.98 Å². The molecule has 0 fully saturated rings. The number of thioether (sulfide) groups is 1. The van der Waals surface area contributed by atoms with Crippen molar-refractivity contribution in [2.24, 2.45) is 0 Å². The molecule has 0 aliphatic carbocycles. The monoisotopic (exact) mass is 334 g/mol. The Labute approximate surface area is 143 Å². The maximum Gasteiger partial charge on any atom is 0.214 e. The average Bonchev–Trinajstić information content (AvgIpc) is 3.33. The summed E-state index contributed by atoms with van der Waals surface area (Å²) in [4.78, 5) is 4.06. The lowest BCUT2D eigenvalue weighted by Gasteiger charge is -2.06. The summed E-state index contributed by atoms with van der Waals surface area (Å²) < 4.78 is 3.73. The van der Waals surface area contributed by atoms with Gasteiger partial charge in [-0.2, -0.15) is 4.68 Å². The summed E-state index contributed by atoms with van der Waals surface area (Å²) in [6.45, 7) is 0. The highest BCUT2D eigenvalue weighted by molar-refractivity contribution is 7.98. The summed E-state index contributed by atoms with van der Waals surface area (Å²) >= 11 is 1.61. The molecule has 0 amide bonds. The van der Waals surface area contributed by atoms with Crippen LogP contribution in [0.15, 0.2) is 78.5 Å². The smallest absolute Gasteiger partial charge is 0.214 e. The minimum Gasteiger partial charge on any atom is -0.306 e. The molecule has 7 heteroatoms. The fraction of sp³-hybridized carbons (Fsp3) is 0.0588. The molecular formula is C17H14N6S. The molecule has 0 atom stereocenters. The molecular weight excluding hydrogens is 320 g/mol. The summed E-state index contributed by atoms with van der Waals surface area (Å²) in [5.41, 5.74) is 3.27. The van der Waals surface area contributed by atoms with Crippen LogP contribution in [-0.2, 0) is 5.75 Å². The van der Waals surface area contributed by atoms with Gasteiger partial charge in [0.2, 0.25) is 5.16 Å². The molecule has 0 spiro atoms. The van der Waals surface area contributed by atoms with Crippen molar-refractivity contribution in [2.45, 2.75) is 10.9 Å². The predicted octanol–water partition coefficient (Wildman–Crippen LogP) is 3.14. The average molecular weight is 334 g/mol. The summed E-state index contributed by atoms with van der Waals surface area (Å²) in [7, 11) is 0. The van der Waals surface area contributed by atoms with Gasteiger partial charge < -0.3 is 4.57 Å². The van der Waals surface area contributed by atoms with Crippen LogP contribution in [0.3, 0.4) is 0 Å². The Balaban J connectivity index is 1.47. The molecule has 0 saturated heterocycles. The minimum atomic E-state index is 0.778. The SMILES string of the molecule is c1ccc(-n2nnnc2SCc2ccc(-n3ccnc3)cc2)cc1. The minimum absolute atomic E-state index is 0.778. The van der Waals surface area contributed by atoms with E-state index in [4.69, 9.17) is 0 Å². The molecule has 118 valence electrons. The third-order valence-electron chi connectivity index (χ3n) is 3.55. The van der Waals surface area contributed by atoms with E-state index in [1.807, 2.05) is 41.1 Å². The Morgan fingerprint density at radius 3 is 2.50 bits per heavy atom. The van der Waals surface area contributed by atoms with Crippen molar-refractivity contribution in [1.29, 1.82) is 0 Å². The first kappa shape index (κ1) is 14.6. The molecule has 0 aliphatic rings. The normalized spacial score (nSPS) is 10.8. The molecule has 0 N–H and O–H groups in total. The third kappa shape index (κ3) is 3.07. The predicted molar refractivity (Wildman–Crippen MR) is 92.3 cm³/mol. The number of hydrogen-bond donors (Lipinski definition) is 0. The first-order valence-electron chi connectivity index (χ1n) is 7.44. The van der Waals surface area contributed by atoms with E-state index in [1.165, 1.54) is 5.56 Å². The van der Waals surface area contributed by atoms with Crippen molar-refractivity contribution in [3.8, 4) is 11.4 Å². The lowest BCUT2D eigenvalue weighted by atomic mass is 10.2. The zero-order valence-corrected chi connectivity index (χ0v) is 13.5. The van der Waals surface area contributed by atoms with E-state index in [-0.39, 0.29) is 0 Å². The first-order valence-corrected chi connectivity index (χ1v) is 8.42. The molecule has 4 aromatic rings. The van der Waals surface area contributed by atoms with E-state index in [1.54, 1.807) is 29.0 Å². The van der Waals surface area contributed by atoms with Crippen molar-refractivity contribution in [1.82, 2.24) is 29.8 Å². The number of benzene rings is 2. The van der Waals surface area contributed by atoms with Crippen LogP contribution in [0, 0.1) is 0 Å². The quantitative estimate of drug-likeness (QED) is 0.525. The van der Waals surface area contributed by atoms with E-state index in [9.17, 15) is 0 Å². The Kier molecular flexibility index (Phi) is 4.07.